The molecule has 0 radical (unpaired) electrons. The Kier molecular flexibility index (Phi) is 5.03. The van der Waals surface area contributed by atoms with Crippen molar-refractivity contribution in [1.82, 2.24) is 0 Å². The largest absolute Gasteiger partial charge is 0.469 e. The van der Waals surface area contributed by atoms with Crippen LogP contribution in [0.2, 0.25) is 0 Å². The second-order valence-corrected chi connectivity index (χ2v) is 8.74. The first kappa shape index (κ1) is 19.1. The van der Waals surface area contributed by atoms with Crippen LogP contribution in [-0.4, -0.2) is 26.4 Å². The molecule has 0 bridgehead atoms. The van der Waals surface area contributed by atoms with E-state index in [1.165, 1.54) is 18.4 Å². The summed E-state index contributed by atoms with van der Waals surface area (Å²) in [5, 5.41) is 12.8. The number of hydrogen-bond acceptors (Lipinski definition) is 8. The van der Waals surface area contributed by atoms with E-state index < -0.39 is 26.6 Å². The molecule has 27 heavy (non-hydrogen) atoms. The van der Waals surface area contributed by atoms with Crippen molar-refractivity contribution in [3.8, 4) is 5.75 Å². The quantitative estimate of drug-likeness (QED) is 0.422. The maximum atomic E-state index is 13.2. The van der Waals surface area contributed by atoms with Gasteiger partial charge in [0.15, 0.2) is 11.5 Å². The van der Waals surface area contributed by atoms with Gasteiger partial charge in [0.25, 0.3) is 5.69 Å². The first-order valence-corrected chi connectivity index (χ1v) is 10.2. The van der Waals surface area contributed by atoms with Gasteiger partial charge < -0.3 is 9.47 Å². The highest BCUT2D eigenvalue weighted by Crippen LogP contribution is 2.44. The number of ether oxygens (including phenoxy) is 2. The lowest BCUT2D eigenvalue weighted by Gasteiger charge is -2.24. The third-order valence-corrected chi connectivity index (χ3v) is 6.84. The van der Waals surface area contributed by atoms with E-state index in [1.54, 1.807) is 24.4 Å². The van der Waals surface area contributed by atoms with Gasteiger partial charge in [0.1, 0.15) is 4.90 Å². The summed E-state index contributed by atoms with van der Waals surface area (Å²) in [6.45, 7) is 1.56. The van der Waals surface area contributed by atoms with Crippen LogP contribution in [0, 0.1) is 16.0 Å². The highest BCUT2D eigenvalue weighted by atomic mass is 32.2. The van der Waals surface area contributed by atoms with Gasteiger partial charge in [-0.25, -0.2) is 8.42 Å². The zero-order valence-corrected chi connectivity index (χ0v) is 16.0. The molecule has 1 aliphatic rings. The molecule has 0 saturated heterocycles. The van der Waals surface area contributed by atoms with Crippen LogP contribution in [-0.2, 0) is 19.4 Å². The number of benzene rings is 1. The lowest BCUT2D eigenvalue weighted by atomic mass is 10.1. The predicted octanol–water partition coefficient (Wildman–Crippen LogP) is 3.39. The van der Waals surface area contributed by atoms with Crippen molar-refractivity contribution in [2.24, 2.45) is 5.92 Å². The molecular formula is C17H15NO7S2. The molecule has 1 aromatic carbocycles. The van der Waals surface area contributed by atoms with Crippen molar-refractivity contribution in [2.75, 3.05) is 7.11 Å². The van der Waals surface area contributed by atoms with E-state index in [4.69, 9.17) is 4.74 Å². The summed E-state index contributed by atoms with van der Waals surface area (Å²) in [5.74, 6) is -1.29. The molecule has 2 aromatic rings. The number of sulfone groups is 1. The second kappa shape index (κ2) is 7.12. The number of carbonyl (C=O) groups is 1. The third kappa shape index (κ3) is 3.45. The van der Waals surface area contributed by atoms with Crippen molar-refractivity contribution in [1.29, 1.82) is 0 Å². The molecule has 0 spiro atoms. The SMILES string of the molecule is COC(=O)C(C)CC1=C(c2cccs2)Oc2cc([N+](=O)[O-])ccc2S1(=O)=O. The van der Waals surface area contributed by atoms with Gasteiger partial charge in [0, 0.05) is 12.5 Å². The van der Waals surface area contributed by atoms with Gasteiger partial charge in [0.05, 0.1) is 33.8 Å². The third-order valence-electron chi connectivity index (χ3n) is 4.06. The summed E-state index contributed by atoms with van der Waals surface area (Å²) in [5.41, 5.74) is -0.277. The van der Waals surface area contributed by atoms with Crippen molar-refractivity contribution >= 4 is 38.6 Å². The van der Waals surface area contributed by atoms with E-state index in [0.29, 0.717) is 4.88 Å². The average molecular weight is 409 g/mol. The summed E-state index contributed by atoms with van der Waals surface area (Å²) in [6, 6.07) is 6.75. The van der Waals surface area contributed by atoms with Gasteiger partial charge in [-0.15, -0.1) is 11.3 Å². The number of carbonyl (C=O) groups excluding carboxylic acids is 1. The molecule has 0 amide bonds. The molecule has 3 rings (SSSR count). The highest BCUT2D eigenvalue weighted by molar-refractivity contribution is 7.95. The number of fused-ring (bicyclic) bond motifs is 1. The Morgan fingerprint density at radius 3 is 2.70 bits per heavy atom. The van der Waals surface area contributed by atoms with Gasteiger partial charge in [-0.2, -0.15) is 0 Å². The molecule has 0 aliphatic carbocycles. The molecule has 0 fully saturated rings. The van der Waals surface area contributed by atoms with Gasteiger partial charge in [-0.3, -0.25) is 14.9 Å². The molecule has 2 heterocycles. The first-order valence-electron chi connectivity index (χ1n) is 7.82. The summed E-state index contributed by atoms with van der Waals surface area (Å²) in [6.07, 6.45) is -0.112. The molecule has 0 saturated carbocycles. The number of esters is 1. The number of nitrogens with zero attached hydrogens (tertiary/aromatic N) is 1. The molecule has 0 N–H and O–H groups in total. The summed E-state index contributed by atoms with van der Waals surface area (Å²) in [7, 11) is -2.78. The van der Waals surface area contributed by atoms with Crippen LogP contribution in [0.3, 0.4) is 0 Å². The standard InChI is InChI=1S/C17H15NO7S2/c1-10(17(19)24-2)8-15-16(13-4-3-7-26-13)25-12-9-11(18(20)21)5-6-14(12)27(15,22)23/h3-7,9-10H,8H2,1-2H3. The van der Waals surface area contributed by atoms with Crippen molar-refractivity contribution in [2.45, 2.75) is 18.2 Å². The molecule has 8 nitrogen and oxygen atoms in total. The van der Waals surface area contributed by atoms with Crippen molar-refractivity contribution in [3.05, 3.63) is 55.6 Å². The van der Waals surface area contributed by atoms with E-state index in [-0.39, 0.29) is 33.4 Å². The van der Waals surface area contributed by atoms with Crippen LogP contribution in [0.5, 0.6) is 5.75 Å². The summed E-state index contributed by atoms with van der Waals surface area (Å²) >= 11 is 1.26. The normalized spacial score (nSPS) is 16.2. The maximum absolute atomic E-state index is 13.2. The Labute approximate surface area is 159 Å². The van der Waals surface area contributed by atoms with Crippen LogP contribution >= 0.6 is 11.3 Å². The van der Waals surface area contributed by atoms with Crippen molar-refractivity contribution in [3.63, 3.8) is 0 Å². The topological polar surface area (TPSA) is 113 Å². The van der Waals surface area contributed by atoms with E-state index >= 15 is 0 Å². The number of nitro groups is 1. The number of hydrogen-bond donors (Lipinski definition) is 0. The number of thiophene rings is 1. The highest BCUT2D eigenvalue weighted by Gasteiger charge is 2.37. The van der Waals surface area contributed by atoms with Crippen LogP contribution < -0.4 is 4.74 Å². The van der Waals surface area contributed by atoms with Crippen LogP contribution in [0.15, 0.2) is 45.5 Å². The number of allylic oxidation sites excluding steroid dienone is 1. The second-order valence-electron chi connectivity index (χ2n) is 5.85. The zero-order chi connectivity index (χ0) is 19.8. The Balaban J connectivity index is 2.18. The molecular weight excluding hydrogens is 394 g/mol. The number of non-ortho nitro benzene ring substituents is 1. The average Bonchev–Trinajstić information content (AvgIpc) is 3.17. The van der Waals surface area contributed by atoms with Gasteiger partial charge in [-0.1, -0.05) is 13.0 Å². The number of nitro benzene ring substituents is 1. The number of rotatable bonds is 5. The van der Waals surface area contributed by atoms with Crippen LogP contribution in [0.4, 0.5) is 5.69 Å². The summed E-state index contributed by atoms with van der Waals surface area (Å²) in [4.78, 5) is 22.5. The van der Waals surface area contributed by atoms with Crippen LogP contribution in [0.25, 0.3) is 5.76 Å². The Morgan fingerprint density at radius 2 is 2.11 bits per heavy atom. The molecule has 142 valence electrons. The predicted molar refractivity (Wildman–Crippen MR) is 97.9 cm³/mol. The lowest BCUT2D eigenvalue weighted by molar-refractivity contribution is -0.385. The fraction of sp³-hybridized carbons (Fsp3) is 0.235. The first-order chi connectivity index (χ1) is 12.8. The smallest absolute Gasteiger partial charge is 0.308 e. The van der Waals surface area contributed by atoms with E-state index in [0.717, 1.165) is 18.2 Å². The van der Waals surface area contributed by atoms with Gasteiger partial charge >= 0.3 is 5.97 Å². The number of methoxy groups -OCH3 is 1. The lowest BCUT2D eigenvalue weighted by Crippen LogP contribution is -2.21. The van der Waals surface area contributed by atoms with Gasteiger partial charge in [0.2, 0.25) is 9.84 Å². The fourth-order valence-corrected chi connectivity index (χ4v) is 5.23. The van der Waals surface area contributed by atoms with E-state index in [9.17, 15) is 23.3 Å². The minimum Gasteiger partial charge on any atom is -0.469 e. The molecule has 1 unspecified atom stereocenters. The molecule has 1 aromatic heterocycles. The maximum Gasteiger partial charge on any atom is 0.308 e. The zero-order valence-electron chi connectivity index (χ0n) is 14.4. The van der Waals surface area contributed by atoms with Gasteiger partial charge in [-0.05, 0) is 17.5 Å². The molecule has 1 atom stereocenters. The minimum absolute atomic E-state index is 0.0517. The monoisotopic (exact) mass is 409 g/mol. The van der Waals surface area contributed by atoms with Crippen molar-refractivity contribution < 1.29 is 27.6 Å². The Bertz CT molecular complexity index is 1040. The molecule has 1 aliphatic heterocycles. The van der Waals surface area contributed by atoms with E-state index in [1.807, 2.05) is 0 Å². The molecule has 10 heteroatoms. The minimum atomic E-state index is -4.01. The van der Waals surface area contributed by atoms with Crippen LogP contribution in [0.1, 0.15) is 18.2 Å². The Hall–Kier alpha value is -2.72. The summed E-state index contributed by atoms with van der Waals surface area (Å²) < 4.78 is 36.8. The van der Waals surface area contributed by atoms with E-state index in [2.05, 4.69) is 4.74 Å². The fourth-order valence-electron chi connectivity index (χ4n) is 2.69. The Morgan fingerprint density at radius 1 is 1.37 bits per heavy atom.